The number of ketones is 1. The molecule has 0 fully saturated rings. The van der Waals surface area contributed by atoms with E-state index >= 15 is 0 Å². The van der Waals surface area contributed by atoms with Crippen LogP contribution in [0.4, 0.5) is 5.13 Å². The Morgan fingerprint density at radius 3 is 2.90 bits per heavy atom. The van der Waals surface area contributed by atoms with Gasteiger partial charge in [-0.2, -0.15) is 0 Å². The Labute approximate surface area is 126 Å². The normalized spacial score (nSPS) is 16.4. The SMILES string of the molecule is CC1(C)CC(=O)c2sc(NC(=O)c3cccnc3)nc2C1. The van der Waals surface area contributed by atoms with Gasteiger partial charge in [-0.15, -0.1) is 0 Å². The lowest BCUT2D eigenvalue weighted by atomic mass is 9.78. The van der Waals surface area contributed by atoms with Crippen molar-refractivity contribution in [2.75, 3.05) is 5.32 Å². The smallest absolute Gasteiger partial charge is 0.259 e. The van der Waals surface area contributed by atoms with Crippen LogP contribution in [-0.4, -0.2) is 21.7 Å². The Bertz CT molecular complexity index is 707. The number of anilines is 1. The highest BCUT2D eigenvalue weighted by Crippen LogP contribution is 2.38. The quantitative estimate of drug-likeness (QED) is 0.925. The number of pyridine rings is 1. The maximum absolute atomic E-state index is 12.1. The molecule has 2 aromatic rings. The fourth-order valence-electron chi connectivity index (χ4n) is 2.44. The summed E-state index contributed by atoms with van der Waals surface area (Å²) >= 11 is 1.25. The van der Waals surface area contributed by atoms with Gasteiger partial charge in [-0.05, 0) is 24.0 Å². The summed E-state index contributed by atoms with van der Waals surface area (Å²) in [6, 6.07) is 3.39. The van der Waals surface area contributed by atoms with E-state index in [1.54, 1.807) is 18.3 Å². The van der Waals surface area contributed by atoms with Crippen molar-refractivity contribution in [2.45, 2.75) is 26.7 Å². The van der Waals surface area contributed by atoms with Crippen LogP contribution in [0.2, 0.25) is 0 Å². The summed E-state index contributed by atoms with van der Waals surface area (Å²) < 4.78 is 0. The van der Waals surface area contributed by atoms with E-state index in [1.807, 2.05) is 0 Å². The average Bonchev–Trinajstić information content (AvgIpc) is 2.81. The number of amides is 1. The molecule has 0 saturated heterocycles. The van der Waals surface area contributed by atoms with E-state index in [4.69, 9.17) is 0 Å². The molecule has 0 saturated carbocycles. The Balaban J connectivity index is 1.83. The van der Waals surface area contributed by atoms with Gasteiger partial charge >= 0.3 is 0 Å². The summed E-state index contributed by atoms with van der Waals surface area (Å²) in [7, 11) is 0. The van der Waals surface area contributed by atoms with Crippen LogP contribution in [-0.2, 0) is 6.42 Å². The van der Waals surface area contributed by atoms with Gasteiger partial charge in [0.1, 0.15) is 0 Å². The summed E-state index contributed by atoms with van der Waals surface area (Å²) in [5, 5.41) is 3.21. The number of nitrogens with zero attached hydrogens (tertiary/aromatic N) is 2. The molecule has 0 unspecified atom stereocenters. The van der Waals surface area contributed by atoms with E-state index < -0.39 is 0 Å². The molecule has 1 aliphatic carbocycles. The van der Waals surface area contributed by atoms with Crippen molar-refractivity contribution >= 4 is 28.2 Å². The molecule has 6 heteroatoms. The molecule has 2 heterocycles. The topological polar surface area (TPSA) is 72.0 Å². The van der Waals surface area contributed by atoms with Crippen molar-refractivity contribution in [1.29, 1.82) is 0 Å². The van der Waals surface area contributed by atoms with E-state index in [1.165, 1.54) is 17.5 Å². The summed E-state index contributed by atoms with van der Waals surface area (Å²) in [5.41, 5.74) is 1.20. The third-order valence-corrected chi connectivity index (χ3v) is 4.43. The molecule has 0 aromatic carbocycles. The minimum atomic E-state index is -0.263. The van der Waals surface area contributed by atoms with Crippen LogP contribution in [0.3, 0.4) is 0 Å². The molecule has 3 rings (SSSR count). The standard InChI is InChI=1S/C15H15N3O2S/c1-15(2)6-10-12(11(19)7-15)21-14(17-10)18-13(20)9-4-3-5-16-8-9/h3-5,8H,6-7H2,1-2H3,(H,17,18,20). The number of nitrogens with one attached hydrogen (secondary N) is 1. The molecule has 0 aliphatic heterocycles. The minimum absolute atomic E-state index is 0.0667. The van der Waals surface area contributed by atoms with E-state index in [0.29, 0.717) is 22.0 Å². The van der Waals surface area contributed by atoms with Gasteiger partial charge in [-0.25, -0.2) is 4.98 Å². The molecule has 0 radical (unpaired) electrons. The second kappa shape index (κ2) is 5.04. The lowest BCUT2D eigenvalue weighted by molar-refractivity contribution is 0.0915. The van der Waals surface area contributed by atoms with Gasteiger partial charge < -0.3 is 0 Å². The zero-order valence-electron chi connectivity index (χ0n) is 11.8. The van der Waals surface area contributed by atoms with Crippen molar-refractivity contribution in [1.82, 2.24) is 9.97 Å². The number of hydrogen-bond donors (Lipinski definition) is 1. The van der Waals surface area contributed by atoms with Gasteiger partial charge in [-0.3, -0.25) is 19.9 Å². The number of carbonyl (C=O) groups excluding carboxylic acids is 2. The third-order valence-electron chi connectivity index (χ3n) is 3.38. The number of thiazole rings is 1. The van der Waals surface area contributed by atoms with Crippen molar-refractivity contribution < 1.29 is 9.59 Å². The molecular formula is C15H15N3O2S. The first-order valence-corrected chi connectivity index (χ1v) is 7.50. The number of Topliss-reactive ketones (excluding diaryl/α,β-unsaturated/α-hetero) is 1. The van der Waals surface area contributed by atoms with E-state index in [0.717, 1.165) is 12.1 Å². The van der Waals surface area contributed by atoms with Crippen LogP contribution < -0.4 is 5.32 Å². The first-order chi connectivity index (χ1) is 9.94. The fraction of sp³-hybridized carbons (Fsp3) is 0.333. The Hall–Kier alpha value is -2.08. The molecule has 0 atom stereocenters. The first kappa shape index (κ1) is 13.9. The highest BCUT2D eigenvalue weighted by atomic mass is 32.1. The largest absolute Gasteiger partial charge is 0.298 e. The van der Waals surface area contributed by atoms with Crippen LogP contribution in [0.5, 0.6) is 0 Å². The van der Waals surface area contributed by atoms with Gasteiger partial charge in [0.25, 0.3) is 5.91 Å². The number of hydrogen-bond acceptors (Lipinski definition) is 5. The number of fused-ring (bicyclic) bond motifs is 1. The Morgan fingerprint density at radius 1 is 1.38 bits per heavy atom. The molecule has 5 nitrogen and oxygen atoms in total. The second-order valence-electron chi connectivity index (χ2n) is 5.93. The van der Waals surface area contributed by atoms with Crippen molar-refractivity contribution in [3.63, 3.8) is 0 Å². The summed E-state index contributed by atoms with van der Waals surface area (Å²) in [4.78, 5) is 33.2. The molecular weight excluding hydrogens is 286 g/mol. The Kier molecular flexibility index (Phi) is 3.33. The van der Waals surface area contributed by atoms with Crippen molar-refractivity contribution in [2.24, 2.45) is 5.41 Å². The summed E-state index contributed by atoms with van der Waals surface area (Å²) in [6.45, 7) is 4.11. The molecule has 1 aliphatic rings. The highest BCUT2D eigenvalue weighted by molar-refractivity contribution is 7.17. The van der Waals surface area contributed by atoms with Crippen molar-refractivity contribution in [3.05, 3.63) is 40.7 Å². The van der Waals surface area contributed by atoms with Gasteiger partial charge in [0.2, 0.25) is 0 Å². The van der Waals surface area contributed by atoms with Gasteiger partial charge in [0, 0.05) is 18.8 Å². The van der Waals surface area contributed by atoms with Gasteiger partial charge in [0.05, 0.1) is 16.1 Å². The second-order valence-corrected chi connectivity index (χ2v) is 6.93. The first-order valence-electron chi connectivity index (χ1n) is 6.69. The van der Waals surface area contributed by atoms with Crippen LogP contribution >= 0.6 is 11.3 Å². The predicted molar refractivity (Wildman–Crippen MR) is 80.7 cm³/mol. The molecule has 0 spiro atoms. The average molecular weight is 301 g/mol. The number of aromatic nitrogens is 2. The van der Waals surface area contributed by atoms with Gasteiger partial charge in [0.15, 0.2) is 10.9 Å². The zero-order chi connectivity index (χ0) is 15.0. The van der Waals surface area contributed by atoms with Crippen LogP contribution in [0.1, 0.15) is 46.0 Å². The Morgan fingerprint density at radius 2 is 2.19 bits per heavy atom. The summed E-state index contributed by atoms with van der Waals surface area (Å²) in [6.07, 6.45) is 4.39. The number of carbonyl (C=O) groups is 2. The van der Waals surface area contributed by atoms with E-state index in [-0.39, 0.29) is 17.1 Å². The molecule has 1 amide bonds. The third kappa shape index (κ3) is 2.85. The van der Waals surface area contributed by atoms with Crippen LogP contribution in [0, 0.1) is 5.41 Å². The molecule has 2 aromatic heterocycles. The number of rotatable bonds is 2. The minimum Gasteiger partial charge on any atom is -0.298 e. The fourth-order valence-corrected chi connectivity index (χ4v) is 3.35. The lowest BCUT2D eigenvalue weighted by Gasteiger charge is -2.26. The van der Waals surface area contributed by atoms with E-state index in [9.17, 15) is 9.59 Å². The van der Waals surface area contributed by atoms with Gasteiger partial charge in [-0.1, -0.05) is 25.2 Å². The van der Waals surface area contributed by atoms with Crippen LogP contribution in [0.15, 0.2) is 24.5 Å². The van der Waals surface area contributed by atoms with Crippen LogP contribution in [0.25, 0.3) is 0 Å². The lowest BCUT2D eigenvalue weighted by Crippen LogP contribution is -2.26. The predicted octanol–water partition coefficient (Wildman–Crippen LogP) is 2.95. The molecule has 21 heavy (non-hydrogen) atoms. The monoisotopic (exact) mass is 301 g/mol. The molecule has 1 N–H and O–H groups in total. The summed E-state index contributed by atoms with van der Waals surface area (Å²) in [5.74, 6) is -0.151. The van der Waals surface area contributed by atoms with Crippen molar-refractivity contribution in [3.8, 4) is 0 Å². The highest BCUT2D eigenvalue weighted by Gasteiger charge is 2.34. The zero-order valence-corrected chi connectivity index (χ0v) is 12.7. The van der Waals surface area contributed by atoms with E-state index in [2.05, 4.69) is 29.1 Å². The molecule has 108 valence electrons. The maximum Gasteiger partial charge on any atom is 0.259 e. The molecule has 0 bridgehead atoms. The maximum atomic E-state index is 12.1.